The molecule has 2 rings (SSSR count). The van der Waals surface area contributed by atoms with Crippen LogP contribution in [0.4, 0.5) is 0 Å². The maximum Gasteiger partial charge on any atom is 0.250 e. The second-order valence-electron chi connectivity index (χ2n) is 8.14. The van der Waals surface area contributed by atoms with Gasteiger partial charge in [-0.05, 0) is 64.4 Å². The summed E-state index contributed by atoms with van der Waals surface area (Å²) in [5, 5.41) is 6.84. The molecule has 0 atom stereocenters. The summed E-state index contributed by atoms with van der Waals surface area (Å²) in [5.74, 6) is 0.906. The van der Waals surface area contributed by atoms with Crippen LogP contribution in [0.3, 0.4) is 0 Å². The smallest absolute Gasteiger partial charge is 0.250 e. The first-order valence-corrected chi connectivity index (χ1v) is 11.4. The van der Waals surface area contributed by atoms with Crippen LogP contribution in [0.15, 0.2) is 28.0 Å². The van der Waals surface area contributed by atoms with E-state index in [1.54, 1.807) is 6.07 Å². The lowest BCUT2D eigenvalue weighted by Gasteiger charge is -2.27. The van der Waals surface area contributed by atoms with Crippen LogP contribution in [0, 0.1) is 12.3 Å². The average molecular weight is 533 g/mol. The van der Waals surface area contributed by atoms with Crippen LogP contribution in [0.5, 0.6) is 0 Å². The van der Waals surface area contributed by atoms with Gasteiger partial charge in [-0.3, -0.25) is 9.79 Å². The van der Waals surface area contributed by atoms with Gasteiger partial charge in [0.05, 0.1) is 0 Å². The monoisotopic (exact) mass is 532 g/mol. The topological polar surface area (TPSA) is 67.7 Å². The fourth-order valence-electron chi connectivity index (χ4n) is 4.15. The van der Waals surface area contributed by atoms with Crippen LogP contribution in [-0.2, 0) is 11.3 Å². The zero-order valence-electron chi connectivity index (χ0n) is 19.0. The van der Waals surface area contributed by atoms with E-state index in [1.807, 2.05) is 23.6 Å². The molecule has 0 saturated heterocycles. The first kappa shape index (κ1) is 26.9. The predicted octanol–water partition coefficient (Wildman–Crippen LogP) is 4.10. The number of nitrogens with zero attached hydrogens (tertiary/aromatic N) is 2. The Hall–Kier alpha value is -1.09. The zero-order chi connectivity index (χ0) is 21.0. The van der Waals surface area contributed by atoms with Crippen molar-refractivity contribution < 1.29 is 4.74 Å². The summed E-state index contributed by atoms with van der Waals surface area (Å²) >= 11 is 0. The van der Waals surface area contributed by atoms with Crippen LogP contribution in [0.25, 0.3) is 0 Å². The van der Waals surface area contributed by atoms with Crippen molar-refractivity contribution in [1.29, 1.82) is 0 Å². The van der Waals surface area contributed by atoms with Crippen molar-refractivity contribution >= 4 is 29.9 Å². The minimum absolute atomic E-state index is 0. The molecule has 0 amide bonds. The fraction of sp³-hybridized carbons (Fsp3) is 0.739. The van der Waals surface area contributed by atoms with Crippen molar-refractivity contribution in [1.82, 2.24) is 15.2 Å². The van der Waals surface area contributed by atoms with Crippen molar-refractivity contribution in [2.45, 2.75) is 72.3 Å². The Morgan fingerprint density at radius 3 is 2.63 bits per heavy atom. The Labute approximate surface area is 199 Å². The van der Waals surface area contributed by atoms with Crippen LogP contribution in [0.2, 0.25) is 0 Å². The molecule has 2 N–H and O–H groups in total. The quantitative estimate of drug-likeness (QED) is 0.184. The second kappa shape index (κ2) is 14.8. The molecule has 1 aliphatic rings. The summed E-state index contributed by atoms with van der Waals surface area (Å²) in [6.07, 6.45) is 8.21. The number of halogens is 1. The largest absolute Gasteiger partial charge is 0.382 e. The molecule has 30 heavy (non-hydrogen) atoms. The van der Waals surface area contributed by atoms with Gasteiger partial charge in [-0.15, -0.1) is 24.0 Å². The highest BCUT2D eigenvalue weighted by Crippen LogP contribution is 2.41. The summed E-state index contributed by atoms with van der Waals surface area (Å²) < 4.78 is 7.46. The number of ether oxygens (including phenoxy) is 1. The Balaban J connectivity index is 0.00000450. The molecule has 1 aromatic heterocycles. The molecule has 0 radical (unpaired) electrons. The number of guanidine groups is 1. The lowest BCUT2D eigenvalue weighted by Crippen LogP contribution is -2.39. The molecule has 1 heterocycles. The number of aromatic nitrogens is 1. The summed E-state index contributed by atoms with van der Waals surface area (Å²) in [6, 6.07) is 5.44. The van der Waals surface area contributed by atoms with E-state index in [0.717, 1.165) is 70.3 Å². The molecule has 0 aromatic carbocycles. The van der Waals surface area contributed by atoms with E-state index in [1.165, 1.54) is 25.7 Å². The highest BCUT2D eigenvalue weighted by Gasteiger charge is 2.33. The number of aliphatic imine (C=N–C) groups is 1. The maximum atomic E-state index is 11.9. The molecule has 1 aromatic rings. The Morgan fingerprint density at radius 1 is 1.20 bits per heavy atom. The van der Waals surface area contributed by atoms with E-state index in [0.29, 0.717) is 5.41 Å². The van der Waals surface area contributed by atoms with Crippen LogP contribution in [-0.4, -0.2) is 43.4 Å². The molecule has 0 bridgehead atoms. The molecule has 7 heteroatoms. The third-order valence-corrected chi connectivity index (χ3v) is 5.93. The van der Waals surface area contributed by atoms with Gasteiger partial charge in [0.25, 0.3) is 5.56 Å². The van der Waals surface area contributed by atoms with E-state index in [-0.39, 0.29) is 29.5 Å². The first-order valence-electron chi connectivity index (χ1n) is 11.4. The number of hydrogen-bond donors (Lipinski definition) is 2. The molecule has 0 aliphatic heterocycles. The molecule has 0 unspecified atom stereocenters. The van der Waals surface area contributed by atoms with Crippen molar-refractivity contribution in [3.8, 4) is 0 Å². The average Bonchev–Trinajstić information content (AvgIpc) is 3.17. The SMILES string of the molecule is CCNC(=NCC1(CCOCC)CCCC1)NCCCCn1c(C)cccc1=O.I. The van der Waals surface area contributed by atoms with Gasteiger partial charge in [-0.1, -0.05) is 18.9 Å². The van der Waals surface area contributed by atoms with Crippen molar-refractivity contribution in [3.05, 3.63) is 34.2 Å². The number of rotatable bonds is 12. The van der Waals surface area contributed by atoms with Gasteiger partial charge in [0.1, 0.15) is 0 Å². The minimum atomic E-state index is 0. The number of aryl methyl sites for hydroxylation is 1. The zero-order valence-corrected chi connectivity index (χ0v) is 21.4. The lowest BCUT2D eigenvalue weighted by atomic mass is 9.83. The Bertz CT molecular complexity index is 684. The summed E-state index contributed by atoms with van der Waals surface area (Å²) in [7, 11) is 0. The normalized spacial score (nSPS) is 15.6. The van der Waals surface area contributed by atoms with E-state index >= 15 is 0 Å². The third-order valence-electron chi connectivity index (χ3n) is 5.93. The fourth-order valence-corrected chi connectivity index (χ4v) is 4.15. The van der Waals surface area contributed by atoms with Crippen LogP contribution in [0.1, 0.15) is 64.5 Å². The molecule has 1 saturated carbocycles. The van der Waals surface area contributed by atoms with Gasteiger partial charge in [0.15, 0.2) is 5.96 Å². The van der Waals surface area contributed by atoms with Gasteiger partial charge in [-0.25, -0.2) is 0 Å². The molecular weight excluding hydrogens is 491 g/mol. The first-order chi connectivity index (χ1) is 14.1. The van der Waals surface area contributed by atoms with Gasteiger partial charge < -0.3 is 19.9 Å². The second-order valence-corrected chi connectivity index (χ2v) is 8.14. The van der Waals surface area contributed by atoms with E-state index in [2.05, 4.69) is 24.5 Å². The summed E-state index contributed by atoms with van der Waals surface area (Å²) in [6.45, 7) is 11.1. The standard InChI is InChI=1S/C23H40N4O2.HI/c1-4-24-22(26-19-23(13-6-7-14-23)15-18-29-5-2)25-16-8-9-17-27-20(3)11-10-12-21(27)28;/h10-12H,4-9,13-19H2,1-3H3,(H2,24,25,26);1H. The molecule has 1 fully saturated rings. The van der Waals surface area contributed by atoms with Crippen molar-refractivity contribution in [3.63, 3.8) is 0 Å². The summed E-state index contributed by atoms with van der Waals surface area (Å²) in [5.41, 5.74) is 1.42. The molecular formula is C23H41IN4O2. The molecule has 172 valence electrons. The van der Waals surface area contributed by atoms with Crippen LogP contribution < -0.4 is 16.2 Å². The van der Waals surface area contributed by atoms with E-state index in [4.69, 9.17) is 9.73 Å². The van der Waals surface area contributed by atoms with Crippen LogP contribution >= 0.6 is 24.0 Å². The number of pyridine rings is 1. The number of hydrogen-bond acceptors (Lipinski definition) is 3. The highest BCUT2D eigenvalue weighted by atomic mass is 127. The highest BCUT2D eigenvalue weighted by molar-refractivity contribution is 14.0. The molecule has 0 spiro atoms. The van der Waals surface area contributed by atoms with E-state index in [9.17, 15) is 4.79 Å². The number of unbranched alkanes of at least 4 members (excludes halogenated alkanes) is 1. The van der Waals surface area contributed by atoms with Gasteiger partial charge in [-0.2, -0.15) is 0 Å². The van der Waals surface area contributed by atoms with Crippen molar-refractivity contribution in [2.24, 2.45) is 10.4 Å². The third kappa shape index (κ3) is 8.96. The predicted molar refractivity (Wildman–Crippen MR) is 136 cm³/mol. The Kier molecular flexibility index (Phi) is 13.3. The molecule has 6 nitrogen and oxygen atoms in total. The number of nitrogens with one attached hydrogen (secondary N) is 2. The Morgan fingerprint density at radius 2 is 1.97 bits per heavy atom. The van der Waals surface area contributed by atoms with E-state index < -0.39 is 0 Å². The minimum Gasteiger partial charge on any atom is -0.382 e. The van der Waals surface area contributed by atoms with Gasteiger partial charge >= 0.3 is 0 Å². The molecule has 1 aliphatic carbocycles. The maximum absolute atomic E-state index is 11.9. The lowest BCUT2D eigenvalue weighted by molar-refractivity contribution is 0.107. The summed E-state index contributed by atoms with van der Waals surface area (Å²) in [4.78, 5) is 16.9. The van der Waals surface area contributed by atoms with Gasteiger partial charge in [0, 0.05) is 51.2 Å². The van der Waals surface area contributed by atoms with Crippen molar-refractivity contribution in [2.75, 3.05) is 32.8 Å². The van der Waals surface area contributed by atoms with Gasteiger partial charge in [0.2, 0.25) is 0 Å².